The van der Waals surface area contributed by atoms with Crippen molar-refractivity contribution in [3.05, 3.63) is 34.3 Å². The number of nitrogens with one attached hydrogen (secondary N) is 1. The summed E-state index contributed by atoms with van der Waals surface area (Å²) in [4.78, 5) is 2.56. The zero-order valence-electron chi connectivity index (χ0n) is 13.3. The number of halogens is 1. The number of benzene rings is 1. The normalized spacial score (nSPS) is 14.5. The van der Waals surface area contributed by atoms with Crippen LogP contribution in [0.4, 0.5) is 0 Å². The quantitative estimate of drug-likeness (QED) is 0.713. The van der Waals surface area contributed by atoms with Crippen molar-refractivity contribution in [1.29, 1.82) is 0 Å². The summed E-state index contributed by atoms with van der Waals surface area (Å²) in [5, 5.41) is 3.45. The van der Waals surface area contributed by atoms with Crippen molar-refractivity contribution in [2.45, 2.75) is 39.7 Å². The van der Waals surface area contributed by atoms with Gasteiger partial charge in [0.25, 0.3) is 0 Å². The van der Waals surface area contributed by atoms with E-state index in [0.29, 0.717) is 6.04 Å². The minimum atomic E-state index is 0.413. The molecule has 1 aromatic rings. The molecule has 0 saturated heterocycles. The van der Waals surface area contributed by atoms with Gasteiger partial charge in [0.1, 0.15) is 0 Å². The molecular formula is C17H29BrN2. The van der Waals surface area contributed by atoms with Gasteiger partial charge >= 0.3 is 0 Å². The lowest BCUT2D eigenvalue weighted by Crippen LogP contribution is -2.32. The van der Waals surface area contributed by atoms with E-state index in [0.717, 1.165) is 25.4 Å². The maximum absolute atomic E-state index is 3.66. The van der Waals surface area contributed by atoms with Crippen LogP contribution < -0.4 is 5.32 Å². The highest BCUT2D eigenvalue weighted by atomic mass is 79.9. The lowest BCUT2D eigenvalue weighted by molar-refractivity contribution is 0.234. The van der Waals surface area contributed by atoms with Gasteiger partial charge in [-0.05, 0) is 44.1 Å². The van der Waals surface area contributed by atoms with Crippen molar-refractivity contribution >= 4 is 15.9 Å². The van der Waals surface area contributed by atoms with Crippen molar-refractivity contribution in [3.8, 4) is 0 Å². The molecule has 1 rings (SSSR count). The molecule has 114 valence electrons. The first-order valence-corrected chi connectivity index (χ1v) is 8.55. The molecule has 0 spiro atoms. The second-order valence-electron chi connectivity index (χ2n) is 5.56. The molecule has 0 aliphatic rings. The van der Waals surface area contributed by atoms with Crippen LogP contribution in [0.25, 0.3) is 0 Å². The van der Waals surface area contributed by atoms with Crippen LogP contribution >= 0.6 is 15.9 Å². The summed E-state index contributed by atoms with van der Waals surface area (Å²) in [6, 6.07) is 8.92. The maximum atomic E-state index is 3.66. The standard InChI is InChI=1S/C17H29BrN2/c1-5-14(3)13-20(6-2)12-11-17(19-4)15-9-7-8-10-16(15)18/h7-10,14,17,19H,5-6,11-13H2,1-4H3. The Hall–Kier alpha value is -0.380. The van der Waals surface area contributed by atoms with Crippen LogP contribution in [-0.2, 0) is 0 Å². The fraction of sp³-hybridized carbons (Fsp3) is 0.647. The van der Waals surface area contributed by atoms with Gasteiger partial charge in [-0.15, -0.1) is 0 Å². The summed E-state index contributed by atoms with van der Waals surface area (Å²) in [6.45, 7) is 10.4. The molecule has 0 aromatic heterocycles. The molecule has 2 atom stereocenters. The van der Waals surface area contributed by atoms with Gasteiger partial charge in [-0.3, -0.25) is 0 Å². The predicted octanol–water partition coefficient (Wildman–Crippen LogP) is 4.47. The topological polar surface area (TPSA) is 15.3 Å². The molecule has 1 N–H and O–H groups in total. The van der Waals surface area contributed by atoms with Gasteiger partial charge < -0.3 is 10.2 Å². The largest absolute Gasteiger partial charge is 0.313 e. The first kappa shape index (κ1) is 17.7. The molecule has 2 unspecified atom stereocenters. The van der Waals surface area contributed by atoms with E-state index in [1.54, 1.807) is 0 Å². The number of hydrogen-bond acceptors (Lipinski definition) is 2. The fourth-order valence-corrected chi connectivity index (χ4v) is 3.03. The number of nitrogens with zero attached hydrogens (tertiary/aromatic N) is 1. The highest BCUT2D eigenvalue weighted by Gasteiger charge is 2.14. The second-order valence-corrected chi connectivity index (χ2v) is 6.41. The summed E-state index contributed by atoms with van der Waals surface area (Å²) in [6.07, 6.45) is 2.40. The van der Waals surface area contributed by atoms with E-state index in [1.807, 2.05) is 0 Å². The first-order valence-electron chi connectivity index (χ1n) is 7.76. The Kier molecular flexibility index (Phi) is 8.43. The monoisotopic (exact) mass is 340 g/mol. The third kappa shape index (κ3) is 5.55. The van der Waals surface area contributed by atoms with Crippen molar-refractivity contribution in [1.82, 2.24) is 10.2 Å². The molecule has 20 heavy (non-hydrogen) atoms. The van der Waals surface area contributed by atoms with Gasteiger partial charge in [0.05, 0.1) is 0 Å². The van der Waals surface area contributed by atoms with E-state index >= 15 is 0 Å². The van der Waals surface area contributed by atoms with Crippen molar-refractivity contribution < 1.29 is 0 Å². The minimum Gasteiger partial charge on any atom is -0.313 e. The Bertz CT molecular complexity index is 381. The average Bonchev–Trinajstić information content (AvgIpc) is 2.47. The van der Waals surface area contributed by atoms with Crippen molar-refractivity contribution in [2.24, 2.45) is 5.92 Å². The summed E-state index contributed by atoms with van der Waals surface area (Å²) in [7, 11) is 2.05. The molecular weight excluding hydrogens is 312 g/mol. The Balaban J connectivity index is 2.58. The summed E-state index contributed by atoms with van der Waals surface area (Å²) in [5.41, 5.74) is 1.36. The van der Waals surface area contributed by atoms with Crippen LogP contribution in [0.3, 0.4) is 0 Å². The van der Waals surface area contributed by atoms with Gasteiger partial charge in [-0.25, -0.2) is 0 Å². The zero-order valence-corrected chi connectivity index (χ0v) is 14.9. The Morgan fingerprint density at radius 1 is 1.25 bits per heavy atom. The Labute approximate surface area is 133 Å². The van der Waals surface area contributed by atoms with E-state index in [9.17, 15) is 0 Å². The van der Waals surface area contributed by atoms with Crippen LogP contribution in [0.15, 0.2) is 28.7 Å². The van der Waals surface area contributed by atoms with Crippen molar-refractivity contribution in [2.75, 3.05) is 26.7 Å². The van der Waals surface area contributed by atoms with Crippen molar-refractivity contribution in [3.63, 3.8) is 0 Å². The number of rotatable bonds is 9. The molecule has 0 bridgehead atoms. The molecule has 0 saturated carbocycles. The Morgan fingerprint density at radius 3 is 2.50 bits per heavy atom. The summed E-state index contributed by atoms with van der Waals surface area (Å²) in [5.74, 6) is 0.784. The Morgan fingerprint density at radius 2 is 1.95 bits per heavy atom. The molecule has 0 radical (unpaired) electrons. The highest BCUT2D eigenvalue weighted by Crippen LogP contribution is 2.25. The molecule has 0 amide bonds. The van der Waals surface area contributed by atoms with Crippen LogP contribution in [0.2, 0.25) is 0 Å². The van der Waals surface area contributed by atoms with Gasteiger partial charge in [-0.2, -0.15) is 0 Å². The average molecular weight is 341 g/mol. The SMILES string of the molecule is CCC(C)CN(CC)CCC(NC)c1ccccc1Br. The molecule has 0 aliphatic heterocycles. The predicted molar refractivity (Wildman–Crippen MR) is 92.1 cm³/mol. The first-order chi connectivity index (χ1) is 9.62. The third-order valence-corrected chi connectivity index (χ3v) is 4.80. The van der Waals surface area contributed by atoms with E-state index in [-0.39, 0.29) is 0 Å². The van der Waals surface area contributed by atoms with Crippen LogP contribution in [-0.4, -0.2) is 31.6 Å². The van der Waals surface area contributed by atoms with Gasteiger partial charge in [-0.1, -0.05) is 61.3 Å². The zero-order chi connectivity index (χ0) is 15.0. The van der Waals surface area contributed by atoms with E-state index in [1.165, 1.54) is 23.0 Å². The van der Waals surface area contributed by atoms with Gasteiger partial charge in [0.15, 0.2) is 0 Å². The highest BCUT2D eigenvalue weighted by molar-refractivity contribution is 9.10. The van der Waals surface area contributed by atoms with E-state index < -0.39 is 0 Å². The minimum absolute atomic E-state index is 0.413. The molecule has 0 fully saturated rings. The van der Waals surface area contributed by atoms with E-state index in [4.69, 9.17) is 0 Å². The molecule has 1 aromatic carbocycles. The van der Waals surface area contributed by atoms with Crippen LogP contribution in [0.5, 0.6) is 0 Å². The van der Waals surface area contributed by atoms with Crippen LogP contribution in [0, 0.1) is 5.92 Å². The van der Waals surface area contributed by atoms with E-state index in [2.05, 4.69) is 78.2 Å². The molecule has 2 nitrogen and oxygen atoms in total. The van der Waals surface area contributed by atoms with Gasteiger partial charge in [0.2, 0.25) is 0 Å². The lowest BCUT2D eigenvalue weighted by atomic mass is 10.0. The third-order valence-electron chi connectivity index (χ3n) is 4.08. The maximum Gasteiger partial charge on any atom is 0.0340 e. The molecule has 0 heterocycles. The summed E-state index contributed by atoms with van der Waals surface area (Å²) < 4.78 is 1.20. The fourth-order valence-electron chi connectivity index (χ4n) is 2.47. The molecule has 3 heteroatoms. The molecule has 0 aliphatic carbocycles. The second kappa shape index (κ2) is 9.54. The number of hydrogen-bond donors (Lipinski definition) is 1. The summed E-state index contributed by atoms with van der Waals surface area (Å²) >= 11 is 3.66. The smallest absolute Gasteiger partial charge is 0.0340 e. The van der Waals surface area contributed by atoms with Gasteiger partial charge in [0, 0.05) is 17.1 Å². The lowest BCUT2D eigenvalue weighted by Gasteiger charge is -2.26. The van der Waals surface area contributed by atoms with Crippen LogP contribution in [0.1, 0.15) is 45.2 Å².